The lowest BCUT2D eigenvalue weighted by molar-refractivity contribution is 0.0915. The molecule has 1 aromatic heterocycles. The first-order valence-corrected chi connectivity index (χ1v) is 13.0. The monoisotopic (exact) mass is 488 g/mol. The molecule has 0 saturated carbocycles. The molecule has 0 spiro atoms. The molecule has 2 aliphatic heterocycles. The number of halogens is 1. The van der Waals surface area contributed by atoms with E-state index >= 15 is 0 Å². The molecule has 2 aliphatic rings. The third kappa shape index (κ3) is 5.79. The molecule has 0 unspecified atom stereocenters. The second-order valence-corrected chi connectivity index (χ2v) is 11.5. The van der Waals surface area contributed by atoms with Gasteiger partial charge in [-0.2, -0.15) is 9.36 Å². The van der Waals surface area contributed by atoms with Crippen LogP contribution in [0.15, 0.2) is 18.2 Å². The molecule has 1 N–H and O–H groups in total. The summed E-state index contributed by atoms with van der Waals surface area (Å²) in [5.74, 6) is 1.41. The van der Waals surface area contributed by atoms with Gasteiger partial charge in [0.2, 0.25) is 11.1 Å². The molecular formula is C25H37FN6OS. The smallest absolute Gasteiger partial charge is 0.254 e. The number of hydrogen-bond donors (Lipinski definition) is 1. The lowest BCUT2D eigenvalue weighted by Crippen LogP contribution is -2.41. The zero-order valence-corrected chi connectivity index (χ0v) is 21.8. The zero-order valence-electron chi connectivity index (χ0n) is 21.0. The minimum Gasteiger partial charge on any atom is -0.371 e. The Morgan fingerprint density at radius 2 is 1.65 bits per heavy atom. The number of amides is 1. The highest BCUT2D eigenvalue weighted by atomic mass is 32.1. The fraction of sp³-hybridized carbons (Fsp3) is 0.640. The van der Waals surface area contributed by atoms with Gasteiger partial charge < -0.3 is 20.0 Å². The van der Waals surface area contributed by atoms with Crippen LogP contribution in [0, 0.1) is 17.7 Å². The molecule has 2 saturated heterocycles. The predicted octanol–water partition coefficient (Wildman–Crippen LogP) is 4.40. The molecule has 0 bridgehead atoms. The van der Waals surface area contributed by atoms with Crippen LogP contribution in [0.1, 0.15) is 56.8 Å². The van der Waals surface area contributed by atoms with Crippen LogP contribution in [0.4, 0.5) is 21.2 Å². The third-order valence-corrected chi connectivity index (χ3v) is 7.64. The molecular weight excluding hydrogens is 451 g/mol. The molecule has 34 heavy (non-hydrogen) atoms. The minimum atomic E-state index is -0.456. The summed E-state index contributed by atoms with van der Waals surface area (Å²) in [4.78, 5) is 23.6. The highest BCUT2D eigenvalue weighted by Gasteiger charge is 2.31. The lowest BCUT2D eigenvalue weighted by Gasteiger charge is -2.40. The van der Waals surface area contributed by atoms with Crippen molar-refractivity contribution in [1.82, 2.24) is 14.7 Å². The average Bonchev–Trinajstić information content (AvgIpc) is 3.29. The second kappa shape index (κ2) is 10.1. The maximum atomic E-state index is 14.7. The molecule has 1 aromatic carbocycles. The number of rotatable bonds is 5. The summed E-state index contributed by atoms with van der Waals surface area (Å²) in [6.07, 6.45) is 4.63. The number of nitrogens with one attached hydrogen (secondary N) is 1. The van der Waals surface area contributed by atoms with E-state index in [-0.39, 0.29) is 11.5 Å². The second-order valence-electron chi connectivity index (χ2n) is 10.8. The first-order chi connectivity index (χ1) is 16.1. The first kappa shape index (κ1) is 24.7. The van der Waals surface area contributed by atoms with E-state index in [1.165, 1.54) is 30.4 Å². The number of benzene rings is 1. The first-order valence-electron chi connectivity index (χ1n) is 12.2. The summed E-state index contributed by atoms with van der Waals surface area (Å²) in [7, 11) is 3.94. The number of hydrogen-bond acceptors (Lipinski definition) is 7. The van der Waals surface area contributed by atoms with Crippen LogP contribution >= 0.6 is 11.5 Å². The van der Waals surface area contributed by atoms with Crippen LogP contribution in [0.25, 0.3) is 0 Å². The fourth-order valence-corrected chi connectivity index (χ4v) is 5.79. The van der Waals surface area contributed by atoms with Gasteiger partial charge in [-0.1, -0.05) is 0 Å². The molecule has 0 atom stereocenters. The summed E-state index contributed by atoms with van der Waals surface area (Å²) < 4.78 is 19.2. The normalized spacial score (nSPS) is 18.3. The highest BCUT2D eigenvalue weighted by Crippen LogP contribution is 2.36. The van der Waals surface area contributed by atoms with Gasteiger partial charge in [0.05, 0.1) is 5.56 Å². The van der Waals surface area contributed by atoms with Crippen molar-refractivity contribution in [2.24, 2.45) is 11.8 Å². The maximum Gasteiger partial charge on any atom is 0.254 e. The van der Waals surface area contributed by atoms with Crippen LogP contribution in [0.5, 0.6) is 0 Å². The molecule has 3 heterocycles. The topological polar surface area (TPSA) is 64.6 Å². The Hall–Kier alpha value is -2.42. The summed E-state index contributed by atoms with van der Waals surface area (Å²) in [5.41, 5.74) is 0.575. The Kier molecular flexibility index (Phi) is 7.31. The van der Waals surface area contributed by atoms with E-state index in [4.69, 9.17) is 0 Å². The molecule has 0 radical (unpaired) electrons. The number of anilines is 3. The van der Waals surface area contributed by atoms with Gasteiger partial charge >= 0.3 is 0 Å². The van der Waals surface area contributed by atoms with E-state index < -0.39 is 11.4 Å². The van der Waals surface area contributed by atoms with Crippen molar-refractivity contribution in [3.63, 3.8) is 0 Å². The van der Waals surface area contributed by atoms with Crippen molar-refractivity contribution in [3.8, 4) is 0 Å². The quantitative estimate of drug-likeness (QED) is 0.673. The fourth-order valence-electron chi connectivity index (χ4n) is 5.00. The molecule has 4 rings (SSSR count). The molecule has 2 aromatic rings. The number of nitrogens with zero attached hydrogens (tertiary/aromatic N) is 5. The van der Waals surface area contributed by atoms with E-state index in [0.29, 0.717) is 5.92 Å². The molecule has 0 aliphatic carbocycles. The van der Waals surface area contributed by atoms with Crippen LogP contribution in [0.3, 0.4) is 0 Å². The predicted molar refractivity (Wildman–Crippen MR) is 138 cm³/mol. The Morgan fingerprint density at radius 1 is 1.06 bits per heavy atom. The number of aromatic nitrogens is 2. The van der Waals surface area contributed by atoms with Crippen LogP contribution < -0.4 is 20.0 Å². The lowest BCUT2D eigenvalue weighted by atomic mass is 9.79. The van der Waals surface area contributed by atoms with E-state index in [1.807, 2.05) is 45.8 Å². The largest absolute Gasteiger partial charge is 0.371 e. The highest BCUT2D eigenvalue weighted by molar-refractivity contribution is 7.09. The third-order valence-electron chi connectivity index (χ3n) is 6.87. The van der Waals surface area contributed by atoms with Crippen molar-refractivity contribution in [2.45, 2.75) is 52.0 Å². The van der Waals surface area contributed by atoms with E-state index in [2.05, 4.69) is 24.5 Å². The maximum absolute atomic E-state index is 14.7. The Labute approximate surface area is 206 Å². The molecule has 186 valence electrons. The Balaban J connectivity index is 1.28. The standard InChI is InChI=1S/C25H37FN6OS/c1-25(2,3)28-22(33)20-7-6-19(16-21(20)26)31-12-8-17(9-13-31)18-10-14-32(15-11-18)24-27-23(29-34-24)30(4)5/h6-7,16-18H,8-15H2,1-5H3,(H,28,33). The van der Waals surface area contributed by atoms with Crippen LogP contribution in [0.2, 0.25) is 0 Å². The summed E-state index contributed by atoms with van der Waals surface area (Å²) in [5, 5.41) is 3.86. The van der Waals surface area contributed by atoms with Gasteiger partial charge in [-0.05, 0) is 76.5 Å². The average molecular weight is 489 g/mol. The van der Waals surface area contributed by atoms with Crippen molar-refractivity contribution in [3.05, 3.63) is 29.6 Å². The van der Waals surface area contributed by atoms with Gasteiger partial charge in [-0.3, -0.25) is 4.79 Å². The van der Waals surface area contributed by atoms with Gasteiger partial charge in [0.1, 0.15) is 5.82 Å². The summed E-state index contributed by atoms with van der Waals surface area (Å²) >= 11 is 1.49. The van der Waals surface area contributed by atoms with Gasteiger partial charge in [0.25, 0.3) is 5.91 Å². The van der Waals surface area contributed by atoms with Gasteiger partial charge in [-0.15, -0.1) is 0 Å². The molecule has 9 heteroatoms. The Morgan fingerprint density at radius 3 is 2.15 bits per heavy atom. The zero-order chi connectivity index (χ0) is 24.5. The van der Waals surface area contributed by atoms with Crippen molar-refractivity contribution in [2.75, 3.05) is 55.0 Å². The molecule has 1 amide bonds. The molecule has 2 fully saturated rings. The number of piperidine rings is 2. The molecule has 7 nitrogen and oxygen atoms in total. The van der Waals surface area contributed by atoms with Crippen LogP contribution in [-0.4, -0.2) is 61.1 Å². The summed E-state index contributed by atoms with van der Waals surface area (Å²) in [6, 6.07) is 5.01. The van der Waals surface area contributed by atoms with Gasteiger partial charge in [0, 0.05) is 63.0 Å². The van der Waals surface area contributed by atoms with E-state index in [9.17, 15) is 9.18 Å². The van der Waals surface area contributed by atoms with Crippen LogP contribution in [-0.2, 0) is 0 Å². The van der Waals surface area contributed by atoms with E-state index in [0.717, 1.165) is 61.7 Å². The van der Waals surface area contributed by atoms with Crippen molar-refractivity contribution >= 4 is 34.2 Å². The Bertz CT molecular complexity index is 988. The van der Waals surface area contributed by atoms with E-state index in [1.54, 1.807) is 6.07 Å². The number of carbonyl (C=O) groups is 1. The van der Waals surface area contributed by atoms with Gasteiger partial charge in [-0.25, -0.2) is 4.39 Å². The minimum absolute atomic E-state index is 0.105. The summed E-state index contributed by atoms with van der Waals surface area (Å²) in [6.45, 7) is 9.61. The van der Waals surface area contributed by atoms with Crippen molar-refractivity contribution < 1.29 is 9.18 Å². The number of carbonyl (C=O) groups excluding carboxylic acids is 1. The SMILES string of the molecule is CN(C)c1nsc(N2CCC(C3CCN(c4ccc(C(=O)NC(C)(C)C)c(F)c4)CC3)CC2)n1. The van der Waals surface area contributed by atoms with Crippen molar-refractivity contribution in [1.29, 1.82) is 0 Å². The van der Waals surface area contributed by atoms with Gasteiger partial charge in [0.15, 0.2) is 0 Å².